The van der Waals surface area contributed by atoms with E-state index in [1.165, 1.54) is 37.1 Å². The number of H-pyrrole nitrogens is 1. The molecule has 4 aromatic rings. The third-order valence-corrected chi connectivity index (χ3v) is 5.01. The van der Waals surface area contributed by atoms with Crippen LogP contribution in [0.4, 0.5) is 10.1 Å². The monoisotopic (exact) mass is 438 g/mol. The summed E-state index contributed by atoms with van der Waals surface area (Å²) >= 11 is 0. The van der Waals surface area contributed by atoms with Crippen molar-refractivity contribution in [3.63, 3.8) is 0 Å². The molecule has 2 aromatic heterocycles. The molecule has 0 aliphatic rings. The van der Waals surface area contributed by atoms with Crippen molar-refractivity contribution in [2.24, 2.45) is 7.05 Å². The zero-order valence-corrected chi connectivity index (χ0v) is 17.4. The lowest BCUT2D eigenvalue weighted by atomic mass is 10.2. The van der Waals surface area contributed by atoms with Gasteiger partial charge in [0.2, 0.25) is 0 Å². The molecule has 2 N–H and O–H groups in total. The quantitative estimate of drug-likeness (QED) is 0.498. The highest BCUT2D eigenvalue weighted by molar-refractivity contribution is 6.12. The Morgan fingerprint density at radius 3 is 2.44 bits per heavy atom. The van der Waals surface area contributed by atoms with Gasteiger partial charge in [0.05, 0.1) is 36.7 Å². The van der Waals surface area contributed by atoms with Crippen LogP contribution in [0.3, 0.4) is 0 Å². The highest BCUT2D eigenvalue weighted by Gasteiger charge is 2.21. The molecule has 4 rings (SSSR count). The smallest absolute Gasteiger partial charge is 0.333 e. The third-order valence-electron chi connectivity index (χ3n) is 5.01. The zero-order chi connectivity index (χ0) is 23.0. The highest BCUT2D eigenvalue weighted by atomic mass is 19.1. The van der Waals surface area contributed by atoms with Gasteiger partial charge in [-0.05, 0) is 36.4 Å². The Balaban J connectivity index is 1.80. The molecule has 164 valence electrons. The fraction of sp³-hybridized carbons (Fsp3) is 0.136. The van der Waals surface area contributed by atoms with E-state index in [0.29, 0.717) is 17.2 Å². The standard InChI is InChI=1S/C22H19FN4O5/c1-26-11-15(20(28)24-16-9-8-14(31-2)10-17(16)32-3)18-19(26)21(29)27(22(30)25-18)13-6-4-12(23)5-7-13/h4-11H,1-3H3,(H,24,28)(H,25,30). The molecule has 0 fully saturated rings. The topological polar surface area (TPSA) is 107 Å². The number of halogens is 1. The van der Waals surface area contributed by atoms with Crippen molar-refractivity contribution in [2.75, 3.05) is 19.5 Å². The van der Waals surface area contributed by atoms with Crippen LogP contribution in [0.5, 0.6) is 11.5 Å². The Labute approximate surface area is 180 Å². The number of anilines is 1. The fourth-order valence-corrected chi connectivity index (χ4v) is 3.46. The number of carbonyl (C=O) groups is 1. The molecule has 0 bridgehead atoms. The van der Waals surface area contributed by atoms with Crippen LogP contribution in [0, 0.1) is 5.82 Å². The predicted octanol–water partition coefficient (Wildman–Crippen LogP) is 2.43. The van der Waals surface area contributed by atoms with E-state index in [1.54, 1.807) is 25.2 Å². The van der Waals surface area contributed by atoms with Crippen molar-refractivity contribution < 1.29 is 18.7 Å². The molecule has 32 heavy (non-hydrogen) atoms. The molecule has 0 radical (unpaired) electrons. The van der Waals surface area contributed by atoms with Crippen molar-refractivity contribution in [1.82, 2.24) is 14.1 Å². The first-order valence-corrected chi connectivity index (χ1v) is 9.47. The number of nitrogens with zero attached hydrogens (tertiary/aromatic N) is 2. The molecule has 10 heteroatoms. The number of aromatic nitrogens is 3. The molecule has 0 saturated heterocycles. The van der Waals surface area contributed by atoms with Crippen LogP contribution in [0.1, 0.15) is 10.4 Å². The van der Waals surface area contributed by atoms with E-state index < -0.39 is 23.0 Å². The Hall–Kier alpha value is -4.34. The molecule has 1 amide bonds. The molecular formula is C22H19FN4O5. The Morgan fingerprint density at radius 1 is 1.06 bits per heavy atom. The Bertz CT molecular complexity index is 1450. The van der Waals surface area contributed by atoms with Gasteiger partial charge in [-0.2, -0.15) is 0 Å². The van der Waals surface area contributed by atoms with Gasteiger partial charge < -0.3 is 24.3 Å². The largest absolute Gasteiger partial charge is 0.497 e. The first kappa shape index (κ1) is 20.9. The summed E-state index contributed by atoms with van der Waals surface area (Å²) in [6.07, 6.45) is 1.45. The number of rotatable bonds is 5. The minimum atomic E-state index is -0.753. The number of ether oxygens (including phenoxy) is 2. The summed E-state index contributed by atoms with van der Waals surface area (Å²) < 4.78 is 26.0. The van der Waals surface area contributed by atoms with E-state index in [0.717, 1.165) is 16.7 Å². The predicted molar refractivity (Wildman–Crippen MR) is 117 cm³/mol. The number of aryl methyl sites for hydroxylation is 1. The van der Waals surface area contributed by atoms with Gasteiger partial charge in [0.15, 0.2) is 0 Å². The van der Waals surface area contributed by atoms with E-state index in [1.807, 2.05) is 0 Å². The van der Waals surface area contributed by atoms with Gasteiger partial charge in [0.25, 0.3) is 11.5 Å². The minimum Gasteiger partial charge on any atom is -0.497 e. The average Bonchev–Trinajstić information content (AvgIpc) is 3.11. The SMILES string of the molecule is COc1ccc(NC(=O)c2cn(C)c3c(=O)n(-c4ccc(F)cc4)c(=O)[nH]c23)c(OC)c1. The number of hydrogen-bond donors (Lipinski definition) is 2. The number of nitrogens with one attached hydrogen (secondary N) is 2. The highest BCUT2D eigenvalue weighted by Crippen LogP contribution is 2.30. The number of benzene rings is 2. The normalized spacial score (nSPS) is 10.9. The summed E-state index contributed by atoms with van der Waals surface area (Å²) in [5, 5.41) is 2.72. The second-order valence-electron chi connectivity index (χ2n) is 6.94. The van der Waals surface area contributed by atoms with E-state index >= 15 is 0 Å². The van der Waals surface area contributed by atoms with E-state index in [2.05, 4.69) is 10.3 Å². The molecule has 0 atom stereocenters. The average molecular weight is 438 g/mol. The lowest BCUT2D eigenvalue weighted by Crippen LogP contribution is -2.34. The maximum Gasteiger partial charge on any atom is 0.333 e. The molecule has 0 unspecified atom stereocenters. The van der Waals surface area contributed by atoms with Gasteiger partial charge in [-0.1, -0.05) is 0 Å². The summed E-state index contributed by atoms with van der Waals surface area (Å²) in [6.45, 7) is 0. The first-order valence-electron chi connectivity index (χ1n) is 9.47. The maximum atomic E-state index is 13.3. The van der Waals surface area contributed by atoms with Crippen LogP contribution in [0.25, 0.3) is 16.7 Å². The summed E-state index contributed by atoms with van der Waals surface area (Å²) in [6, 6.07) is 9.83. The van der Waals surface area contributed by atoms with Gasteiger partial charge in [0, 0.05) is 19.3 Å². The number of methoxy groups -OCH3 is 2. The van der Waals surface area contributed by atoms with Crippen LogP contribution >= 0.6 is 0 Å². The van der Waals surface area contributed by atoms with Crippen molar-refractivity contribution in [3.8, 4) is 17.2 Å². The Kier molecular flexibility index (Phi) is 5.27. The number of amides is 1. The van der Waals surface area contributed by atoms with Gasteiger partial charge in [-0.3, -0.25) is 9.59 Å². The summed E-state index contributed by atoms with van der Waals surface area (Å²) in [4.78, 5) is 41.4. The summed E-state index contributed by atoms with van der Waals surface area (Å²) in [5.74, 6) is -0.111. The molecule has 0 spiro atoms. The number of carbonyl (C=O) groups excluding carboxylic acids is 1. The van der Waals surface area contributed by atoms with E-state index in [-0.39, 0.29) is 22.3 Å². The first-order chi connectivity index (χ1) is 15.3. The molecule has 2 heterocycles. The van der Waals surface area contributed by atoms with Gasteiger partial charge >= 0.3 is 5.69 Å². The van der Waals surface area contributed by atoms with Crippen LogP contribution in [0.15, 0.2) is 58.3 Å². The maximum absolute atomic E-state index is 13.3. The van der Waals surface area contributed by atoms with Crippen molar-refractivity contribution in [2.45, 2.75) is 0 Å². The fourth-order valence-electron chi connectivity index (χ4n) is 3.46. The summed E-state index contributed by atoms with van der Waals surface area (Å²) in [7, 11) is 4.55. The molecular weight excluding hydrogens is 419 g/mol. The lowest BCUT2D eigenvalue weighted by Gasteiger charge is -2.11. The van der Waals surface area contributed by atoms with Crippen molar-refractivity contribution in [3.05, 3.63) is 80.9 Å². The van der Waals surface area contributed by atoms with Crippen molar-refractivity contribution >= 4 is 22.6 Å². The zero-order valence-electron chi connectivity index (χ0n) is 17.4. The number of hydrogen-bond acceptors (Lipinski definition) is 5. The number of fused-ring (bicyclic) bond motifs is 1. The third kappa shape index (κ3) is 3.51. The van der Waals surface area contributed by atoms with Crippen LogP contribution in [0.2, 0.25) is 0 Å². The van der Waals surface area contributed by atoms with E-state index in [4.69, 9.17) is 9.47 Å². The molecule has 2 aromatic carbocycles. The van der Waals surface area contributed by atoms with Gasteiger partial charge in [-0.25, -0.2) is 13.8 Å². The molecule has 0 aliphatic heterocycles. The van der Waals surface area contributed by atoms with Crippen LogP contribution in [-0.4, -0.2) is 34.2 Å². The lowest BCUT2D eigenvalue weighted by molar-refractivity contribution is 0.102. The summed E-state index contributed by atoms with van der Waals surface area (Å²) in [5.41, 5.74) is -0.505. The second kappa shape index (κ2) is 8.06. The Morgan fingerprint density at radius 2 is 1.78 bits per heavy atom. The second-order valence-corrected chi connectivity index (χ2v) is 6.94. The van der Waals surface area contributed by atoms with Crippen LogP contribution in [-0.2, 0) is 7.05 Å². The van der Waals surface area contributed by atoms with E-state index in [9.17, 15) is 18.8 Å². The van der Waals surface area contributed by atoms with Gasteiger partial charge in [0.1, 0.15) is 22.8 Å². The number of aromatic amines is 1. The van der Waals surface area contributed by atoms with Gasteiger partial charge in [-0.15, -0.1) is 0 Å². The molecule has 0 saturated carbocycles. The molecule has 0 aliphatic carbocycles. The molecule has 9 nitrogen and oxygen atoms in total. The van der Waals surface area contributed by atoms with Crippen molar-refractivity contribution in [1.29, 1.82) is 0 Å². The van der Waals surface area contributed by atoms with Crippen LogP contribution < -0.4 is 26.0 Å². The minimum absolute atomic E-state index is 0.0887.